The third kappa shape index (κ3) is 3.87. The molecule has 1 saturated carbocycles. The molecule has 1 atom stereocenters. The average Bonchev–Trinajstić information content (AvgIpc) is 3.14. The number of halogens is 2. The molecule has 0 amide bonds. The molecule has 4 nitrogen and oxygen atoms in total. The van der Waals surface area contributed by atoms with Gasteiger partial charge in [0.1, 0.15) is 11.6 Å². The third-order valence-corrected chi connectivity index (χ3v) is 4.71. The maximum atomic E-state index is 13.4. The molecule has 7 heteroatoms. The van der Waals surface area contributed by atoms with Gasteiger partial charge in [0.05, 0.1) is 10.9 Å². The molecule has 0 aliphatic heterocycles. The smallest absolute Gasteiger partial charge is 0.236 e. The van der Waals surface area contributed by atoms with Crippen LogP contribution in [0.2, 0.25) is 0 Å². The van der Waals surface area contributed by atoms with E-state index in [1.54, 1.807) is 0 Å². The van der Waals surface area contributed by atoms with Crippen molar-refractivity contribution in [2.75, 3.05) is 11.3 Å². The van der Waals surface area contributed by atoms with Crippen LogP contribution in [0.1, 0.15) is 19.8 Å². The monoisotopic (exact) mass is 290 g/mol. The van der Waals surface area contributed by atoms with Crippen LogP contribution in [-0.2, 0) is 10.0 Å². The van der Waals surface area contributed by atoms with Gasteiger partial charge in [-0.2, -0.15) is 0 Å². The van der Waals surface area contributed by atoms with Gasteiger partial charge in [-0.15, -0.1) is 0 Å². The molecular weight excluding hydrogens is 274 g/mol. The Bertz CT molecular complexity index is 559. The molecule has 1 aromatic rings. The van der Waals surface area contributed by atoms with Gasteiger partial charge in [0.25, 0.3) is 0 Å². The molecule has 1 unspecified atom stereocenters. The Morgan fingerprint density at radius 1 is 1.37 bits per heavy atom. The number of rotatable bonds is 6. The summed E-state index contributed by atoms with van der Waals surface area (Å²) in [7, 11) is -3.74. The molecule has 1 aliphatic carbocycles. The number of sulfonamides is 1. The summed E-state index contributed by atoms with van der Waals surface area (Å²) < 4.78 is 52.4. The summed E-state index contributed by atoms with van der Waals surface area (Å²) in [6.45, 7) is 1.81. The fourth-order valence-electron chi connectivity index (χ4n) is 1.56. The number of hydrogen-bond donors (Lipinski definition) is 2. The van der Waals surface area contributed by atoms with E-state index in [0.29, 0.717) is 6.04 Å². The highest BCUT2D eigenvalue weighted by Crippen LogP contribution is 2.20. The van der Waals surface area contributed by atoms with Crippen molar-refractivity contribution in [1.82, 2.24) is 5.32 Å². The van der Waals surface area contributed by atoms with Crippen LogP contribution in [0.15, 0.2) is 18.2 Å². The van der Waals surface area contributed by atoms with Gasteiger partial charge in [0.2, 0.25) is 10.0 Å². The van der Waals surface area contributed by atoms with Crippen molar-refractivity contribution in [3.8, 4) is 0 Å². The number of anilines is 1. The van der Waals surface area contributed by atoms with Crippen molar-refractivity contribution in [3.05, 3.63) is 29.8 Å². The van der Waals surface area contributed by atoms with Crippen LogP contribution < -0.4 is 10.0 Å². The van der Waals surface area contributed by atoms with Gasteiger partial charge in [0, 0.05) is 18.7 Å². The van der Waals surface area contributed by atoms with Gasteiger partial charge in [-0.25, -0.2) is 17.2 Å². The SMILES string of the molecule is CC(CNC1CC1)S(=O)(=O)Nc1cc(F)ccc1F. The fraction of sp³-hybridized carbons (Fsp3) is 0.500. The van der Waals surface area contributed by atoms with Gasteiger partial charge in [-0.1, -0.05) is 0 Å². The average molecular weight is 290 g/mol. The topological polar surface area (TPSA) is 58.2 Å². The highest BCUT2D eigenvalue weighted by molar-refractivity contribution is 7.93. The lowest BCUT2D eigenvalue weighted by Crippen LogP contribution is -2.35. The van der Waals surface area contributed by atoms with Crippen LogP contribution in [0.25, 0.3) is 0 Å². The van der Waals surface area contributed by atoms with Gasteiger partial charge in [0.15, 0.2) is 0 Å². The second-order valence-electron chi connectivity index (χ2n) is 4.76. The number of benzene rings is 1. The lowest BCUT2D eigenvalue weighted by Gasteiger charge is -2.15. The summed E-state index contributed by atoms with van der Waals surface area (Å²) in [6.07, 6.45) is 2.11. The Hall–Kier alpha value is -1.21. The van der Waals surface area contributed by atoms with Crippen molar-refractivity contribution < 1.29 is 17.2 Å². The summed E-state index contributed by atoms with van der Waals surface area (Å²) in [6, 6.07) is 3.04. The first-order chi connectivity index (χ1) is 8.88. The number of hydrogen-bond acceptors (Lipinski definition) is 3. The second-order valence-corrected chi connectivity index (χ2v) is 6.86. The van der Waals surface area contributed by atoms with E-state index in [4.69, 9.17) is 0 Å². The molecule has 0 radical (unpaired) electrons. The molecule has 1 aliphatic rings. The first kappa shape index (κ1) is 14.2. The van der Waals surface area contributed by atoms with Crippen molar-refractivity contribution in [2.24, 2.45) is 0 Å². The third-order valence-electron chi connectivity index (χ3n) is 2.98. The maximum absolute atomic E-state index is 13.4. The van der Waals surface area contributed by atoms with E-state index in [0.717, 1.165) is 31.0 Å². The maximum Gasteiger partial charge on any atom is 0.236 e. The minimum absolute atomic E-state index is 0.289. The predicted molar refractivity (Wildman–Crippen MR) is 69.4 cm³/mol. The van der Waals surface area contributed by atoms with Crippen molar-refractivity contribution >= 4 is 15.7 Å². The molecule has 0 bridgehead atoms. The summed E-state index contributed by atoms with van der Waals surface area (Å²) in [5, 5.41) is 2.36. The Morgan fingerprint density at radius 2 is 2.05 bits per heavy atom. The van der Waals surface area contributed by atoms with Crippen LogP contribution in [0, 0.1) is 11.6 Å². The van der Waals surface area contributed by atoms with E-state index in [-0.39, 0.29) is 12.2 Å². The van der Waals surface area contributed by atoms with E-state index in [9.17, 15) is 17.2 Å². The van der Waals surface area contributed by atoms with E-state index < -0.39 is 26.9 Å². The molecule has 2 rings (SSSR count). The van der Waals surface area contributed by atoms with Crippen LogP contribution in [0.3, 0.4) is 0 Å². The molecule has 19 heavy (non-hydrogen) atoms. The van der Waals surface area contributed by atoms with Crippen LogP contribution in [-0.4, -0.2) is 26.3 Å². The normalized spacial score (nSPS) is 17.2. The lowest BCUT2D eigenvalue weighted by atomic mass is 10.3. The zero-order valence-electron chi connectivity index (χ0n) is 10.5. The highest BCUT2D eigenvalue weighted by atomic mass is 32.2. The molecule has 106 valence electrons. The molecule has 2 N–H and O–H groups in total. The molecule has 1 fully saturated rings. The van der Waals surface area contributed by atoms with Crippen LogP contribution in [0.5, 0.6) is 0 Å². The van der Waals surface area contributed by atoms with Gasteiger partial charge >= 0.3 is 0 Å². The quantitative estimate of drug-likeness (QED) is 0.840. The van der Waals surface area contributed by atoms with Crippen LogP contribution in [0.4, 0.5) is 14.5 Å². The minimum Gasteiger partial charge on any atom is -0.313 e. The minimum atomic E-state index is -3.74. The lowest BCUT2D eigenvalue weighted by molar-refractivity contribution is 0.573. The summed E-state index contributed by atoms with van der Waals surface area (Å²) in [5.41, 5.74) is -0.363. The molecule has 0 aromatic heterocycles. The standard InChI is InChI=1S/C12H16F2N2O2S/c1-8(7-15-10-3-4-10)19(17,18)16-12-6-9(13)2-5-11(12)14/h2,5-6,8,10,15-16H,3-4,7H2,1H3. The Balaban J connectivity index is 2.04. The largest absolute Gasteiger partial charge is 0.313 e. The van der Waals surface area contributed by atoms with Gasteiger partial charge < -0.3 is 5.32 Å². The zero-order valence-corrected chi connectivity index (χ0v) is 11.3. The Kier molecular flexibility index (Phi) is 4.05. The molecule has 0 spiro atoms. The number of nitrogens with one attached hydrogen (secondary N) is 2. The summed E-state index contributed by atoms with van der Waals surface area (Å²) in [4.78, 5) is 0. The molecule has 0 heterocycles. The first-order valence-electron chi connectivity index (χ1n) is 6.08. The van der Waals surface area contributed by atoms with Crippen molar-refractivity contribution in [2.45, 2.75) is 31.1 Å². The van der Waals surface area contributed by atoms with Gasteiger partial charge in [-0.05, 0) is 31.9 Å². The predicted octanol–water partition coefficient (Wildman–Crippen LogP) is 1.85. The second kappa shape index (κ2) is 5.42. The zero-order chi connectivity index (χ0) is 14.0. The van der Waals surface area contributed by atoms with E-state index in [2.05, 4.69) is 10.0 Å². The fourth-order valence-corrected chi connectivity index (χ4v) is 2.54. The summed E-state index contributed by atoms with van der Waals surface area (Å²) in [5.74, 6) is -1.49. The van der Waals surface area contributed by atoms with Gasteiger partial charge in [-0.3, -0.25) is 4.72 Å². The van der Waals surface area contributed by atoms with Crippen LogP contribution >= 0.6 is 0 Å². The summed E-state index contributed by atoms with van der Waals surface area (Å²) >= 11 is 0. The molecular formula is C12H16F2N2O2S. The highest BCUT2D eigenvalue weighted by Gasteiger charge is 2.26. The van der Waals surface area contributed by atoms with Crippen molar-refractivity contribution in [3.63, 3.8) is 0 Å². The van der Waals surface area contributed by atoms with Crippen molar-refractivity contribution in [1.29, 1.82) is 0 Å². The molecule has 0 saturated heterocycles. The Morgan fingerprint density at radius 3 is 2.68 bits per heavy atom. The van der Waals surface area contributed by atoms with E-state index >= 15 is 0 Å². The first-order valence-corrected chi connectivity index (χ1v) is 7.63. The Labute approximate surface area is 111 Å². The van der Waals surface area contributed by atoms with E-state index in [1.807, 2.05) is 0 Å². The molecule has 1 aromatic carbocycles. The van der Waals surface area contributed by atoms with E-state index in [1.165, 1.54) is 6.92 Å².